The Hall–Kier alpha value is -1.39. The summed E-state index contributed by atoms with van der Waals surface area (Å²) < 4.78 is 0. The van der Waals surface area contributed by atoms with E-state index in [1.54, 1.807) is 0 Å². The van der Waals surface area contributed by atoms with Crippen LogP contribution < -0.4 is 11.5 Å². The number of carbonyl (C=O) groups excluding carboxylic acids is 3. The molecule has 0 bridgehead atoms. The van der Waals surface area contributed by atoms with E-state index in [1.807, 2.05) is 0 Å². The van der Waals surface area contributed by atoms with Gasteiger partial charge in [-0.1, -0.05) is 77.6 Å². The van der Waals surface area contributed by atoms with E-state index in [9.17, 15) is 14.4 Å². The molecular formula is C21H40N2O3. The molecule has 5 nitrogen and oxygen atoms in total. The summed E-state index contributed by atoms with van der Waals surface area (Å²) in [5.41, 5.74) is 10.5. The van der Waals surface area contributed by atoms with Crippen LogP contribution in [0, 0.1) is 5.92 Å². The molecule has 0 aliphatic heterocycles. The molecule has 0 aromatic carbocycles. The molecule has 152 valence electrons. The van der Waals surface area contributed by atoms with Crippen LogP contribution in [0.15, 0.2) is 0 Å². The highest BCUT2D eigenvalue weighted by Gasteiger charge is 2.22. The Morgan fingerprint density at radius 2 is 1.12 bits per heavy atom. The van der Waals surface area contributed by atoms with E-state index < -0.39 is 11.8 Å². The number of ketones is 1. The van der Waals surface area contributed by atoms with Gasteiger partial charge in [-0.25, -0.2) is 0 Å². The van der Waals surface area contributed by atoms with Crippen LogP contribution in [0.25, 0.3) is 0 Å². The fourth-order valence-electron chi connectivity index (χ4n) is 3.25. The van der Waals surface area contributed by atoms with Crippen LogP contribution in [0.2, 0.25) is 0 Å². The molecule has 0 rings (SSSR count). The summed E-state index contributed by atoms with van der Waals surface area (Å²) in [6, 6.07) is 0. The van der Waals surface area contributed by atoms with Gasteiger partial charge in [0.15, 0.2) is 0 Å². The van der Waals surface area contributed by atoms with Crippen LogP contribution >= 0.6 is 0 Å². The first kappa shape index (κ1) is 24.6. The number of carbonyl (C=O) groups is 3. The van der Waals surface area contributed by atoms with Gasteiger partial charge in [0.05, 0.1) is 5.92 Å². The average molecular weight is 369 g/mol. The topological polar surface area (TPSA) is 103 Å². The van der Waals surface area contributed by atoms with Crippen LogP contribution in [0.3, 0.4) is 0 Å². The molecule has 0 aliphatic rings. The van der Waals surface area contributed by atoms with Gasteiger partial charge in [-0.05, 0) is 19.3 Å². The minimum atomic E-state index is -0.639. The Balaban J connectivity index is 3.75. The summed E-state index contributed by atoms with van der Waals surface area (Å²) in [6.45, 7) is 2.22. The summed E-state index contributed by atoms with van der Waals surface area (Å²) >= 11 is 0. The van der Waals surface area contributed by atoms with Gasteiger partial charge in [-0.3, -0.25) is 14.4 Å². The second-order valence-electron chi connectivity index (χ2n) is 7.42. The molecule has 2 amide bonds. The number of rotatable bonds is 19. The molecule has 0 saturated carbocycles. The molecule has 0 aromatic rings. The molecule has 1 atom stereocenters. The largest absolute Gasteiger partial charge is 0.370 e. The highest BCUT2D eigenvalue weighted by molar-refractivity contribution is 6.00. The van der Waals surface area contributed by atoms with Crippen molar-refractivity contribution in [1.29, 1.82) is 0 Å². The van der Waals surface area contributed by atoms with Gasteiger partial charge >= 0.3 is 0 Å². The van der Waals surface area contributed by atoms with E-state index >= 15 is 0 Å². The predicted octanol–water partition coefficient (Wildman–Crippen LogP) is 4.40. The molecule has 0 spiro atoms. The number of primary amides is 2. The summed E-state index contributed by atoms with van der Waals surface area (Å²) in [7, 11) is 0. The van der Waals surface area contributed by atoms with Gasteiger partial charge < -0.3 is 11.5 Å². The lowest BCUT2D eigenvalue weighted by molar-refractivity contribution is -0.132. The van der Waals surface area contributed by atoms with Crippen molar-refractivity contribution in [3.8, 4) is 0 Å². The van der Waals surface area contributed by atoms with Crippen molar-refractivity contribution in [2.45, 2.75) is 110 Å². The lowest BCUT2D eigenvalue weighted by Gasteiger charge is -2.12. The van der Waals surface area contributed by atoms with Gasteiger partial charge in [0, 0.05) is 12.8 Å². The van der Waals surface area contributed by atoms with E-state index in [1.165, 1.54) is 44.9 Å². The summed E-state index contributed by atoms with van der Waals surface area (Å²) in [5.74, 6) is -1.42. The van der Waals surface area contributed by atoms with Crippen molar-refractivity contribution in [3.63, 3.8) is 0 Å². The van der Waals surface area contributed by atoms with Crippen molar-refractivity contribution in [2.75, 3.05) is 0 Å². The normalized spacial score (nSPS) is 12.0. The van der Waals surface area contributed by atoms with Crippen LogP contribution in [-0.4, -0.2) is 17.6 Å². The van der Waals surface area contributed by atoms with Crippen molar-refractivity contribution < 1.29 is 14.4 Å². The number of unbranched alkanes of at least 4 members (excludes halogenated alkanes) is 11. The monoisotopic (exact) mass is 368 g/mol. The predicted molar refractivity (Wildman–Crippen MR) is 106 cm³/mol. The summed E-state index contributed by atoms with van der Waals surface area (Å²) in [5, 5.41) is 0. The molecule has 5 heteroatoms. The van der Waals surface area contributed by atoms with Gasteiger partial charge in [-0.15, -0.1) is 0 Å². The molecule has 0 radical (unpaired) electrons. The Bertz CT molecular complexity index is 397. The molecule has 0 heterocycles. The van der Waals surface area contributed by atoms with Crippen molar-refractivity contribution >= 4 is 17.6 Å². The zero-order valence-electron chi connectivity index (χ0n) is 16.8. The van der Waals surface area contributed by atoms with Crippen molar-refractivity contribution in [2.24, 2.45) is 17.4 Å². The van der Waals surface area contributed by atoms with Crippen LogP contribution in [0.5, 0.6) is 0 Å². The lowest BCUT2D eigenvalue weighted by atomic mass is 9.92. The minimum absolute atomic E-state index is 0.00224. The Labute approximate surface area is 159 Å². The number of Topliss-reactive ketones (excluding diaryl/α,β-unsaturated/α-hetero) is 1. The molecule has 0 saturated heterocycles. The third-order valence-electron chi connectivity index (χ3n) is 4.92. The third-order valence-corrected chi connectivity index (χ3v) is 4.92. The van der Waals surface area contributed by atoms with Gasteiger partial charge in [0.1, 0.15) is 5.78 Å². The SMILES string of the molecule is CCCCCCCCCCCC(=O)C(CCCCCCC(N)=O)C(N)=O. The second kappa shape index (κ2) is 17.0. The van der Waals surface area contributed by atoms with Crippen LogP contribution in [0.4, 0.5) is 0 Å². The lowest BCUT2D eigenvalue weighted by Crippen LogP contribution is -2.30. The standard InChI is InChI=1S/C21H40N2O3/c1-2-3-4-5-6-7-8-9-13-16-19(24)18(21(23)26)15-12-10-11-14-17-20(22)25/h18H,2-17H2,1H3,(H2,22,25)(H2,23,26). The van der Waals surface area contributed by atoms with Gasteiger partial charge in [0.25, 0.3) is 0 Å². The van der Waals surface area contributed by atoms with Crippen molar-refractivity contribution in [3.05, 3.63) is 0 Å². The summed E-state index contributed by atoms with van der Waals surface area (Å²) in [6.07, 6.45) is 15.6. The minimum Gasteiger partial charge on any atom is -0.370 e. The van der Waals surface area contributed by atoms with Crippen LogP contribution in [-0.2, 0) is 14.4 Å². The van der Waals surface area contributed by atoms with E-state index in [0.717, 1.165) is 38.5 Å². The molecule has 0 aliphatic carbocycles. The maximum absolute atomic E-state index is 12.2. The number of hydrogen-bond acceptors (Lipinski definition) is 3. The Morgan fingerprint density at radius 3 is 1.62 bits per heavy atom. The number of amides is 2. The Kier molecular flexibility index (Phi) is 16.1. The quantitative estimate of drug-likeness (QED) is 0.261. The molecular weight excluding hydrogens is 328 g/mol. The molecule has 0 aromatic heterocycles. The summed E-state index contributed by atoms with van der Waals surface area (Å²) in [4.78, 5) is 34.5. The second-order valence-corrected chi connectivity index (χ2v) is 7.42. The molecule has 26 heavy (non-hydrogen) atoms. The first-order valence-electron chi connectivity index (χ1n) is 10.6. The number of hydrogen-bond donors (Lipinski definition) is 2. The highest BCUT2D eigenvalue weighted by atomic mass is 16.2. The smallest absolute Gasteiger partial charge is 0.227 e. The molecule has 4 N–H and O–H groups in total. The fraction of sp³-hybridized carbons (Fsp3) is 0.857. The third kappa shape index (κ3) is 14.9. The number of nitrogens with two attached hydrogens (primary N) is 2. The van der Waals surface area contributed by atoms with E-state index in [2.05, 4.69) is 6.92 Å². The first-order chi connectivity index (χ1) is 12.5. The maximum Gasteiger partial charge on any atom is 0.227 e. The highest BCUT2D eigenvalue weighted by Crippen LogP contribution is 2.17. The molecule has 1 unspecified atom stereocenters. The Morgan fingerprint density at radius 1 is 0.654 bits per heavy atom. The van der Waals surface area contributed by atoms with Gasteiger partial charge in [-0.2, -0.15) is 0 Å². The van der Waals surface area contributed by atoms with E-state index in [-0.39, 0.29) is 11.7 Å². The van der Waals surface area contributed by atoms with Crippen LogP contribution in [0.1, 0.15) is 110 Å². The van der Waals surface area contributed by atoms with Gasteiger partial charge in [0.2, 0.25) is 11.8 Å². The molecule has 0 fully saturated rings. The maximum atomic E-state index is 12.2. The van der Waals surface area contributed by atoms with Crippen molar-refractivity contribution in [1.82, 2.24) is 0 Å². The average Bonchev–Trinajstić information content (AvgIpc) is 2.58. The first-order valence-corrected chi connectivity index (χ1v) is 10.6. The zero-order valence-corrected chi connectivity index (χ0v) is 16.8. The zero-order chi connectivity index (χ0) is 19.6. The van der Waals surface area contributed by atoms with E-state index in [0.29, 0.717) is 19.3 Å². The van der Waals surface area contributed by atoms with E-state index in [4.69, 9.17) is 11.5 Å². The fourth-order valence-corrected chi connectivity index (χ4v) is 3.25.